The molecule has 0 spiro atoms. The molecule has 1 aromatic heterocycles. The molecule has 5 heteroatoms. The van der Waals surface area contributed by atoms with Gasteiger partial charge in [-0.25, -0.2) is 0 Å². The minimum Gasteiger partial charge on any atom is -0.454 e. The first kappa shape index (κ1) is 11.9. The average molecular weight is 261 g/mol. The number of benzene rings is 1. The van der Waals surface area contributed by atoms with E-state index in [1.807, 2.05) is 19.9 Å². The van der Waals surface area contributed by atoms with Crippen molar-refractivity contribution in [3.8, 4) is 11.5 Å². The number of hydrogen-bond acceptors (Lipinski definition) is 4. The largest absolute Gasteiger partial charge is 0.454 e. The van der Waals surface area contributed by atoms with Gasteiger partial charge >= 0.3 is 0 Å². The van der Waals surface area contributed by atoms with E-state index in [2.05, 4.69) is 5.32 Å². The Labute approximate surface area is 110 Å². The van der Waals surface area contributed by atoms with Crippen LogP contribution in [0.4, 0.5) is 0 Å². The minimum atomic E-state index is -0.202. The molecule has 100 valence electrons. The summed E-state index contributed by atoms with van der Waals surface area (Å²) in [5.41, 5.74) is 0.624. The predicted octanol–water partition coefficient (Wildman–Crippen LogP) is 2.55. The van der Waals surface area contributed by atoms with Gasteiger partial charge in [0.05, 0.1) is 0 Å². The third kappa shape index (κ3) is 2.23. The number of rotatable bonds is 3. The molecule has 1 N–H and O–H groups in total. The van der Waals surface area contributed by atoms with E-state index >= 15 is 0 Å². The van der Waals surface area contributed by atoms with Crippen molar-refractivity contribution in [3.05, 3.63) is 24.0 Å². The van der Waals surface area contributed by atoms with E-state index in [1.165, 1.54) is 0 Å². The molecule has 0 saturated heterocycles. The smallest absolute Gasteiger partial charge is 0.287 e. The van der Waals surface area contributed by atoms with Crippen molar-refractivity contribution in [2.24, 2.45) is 5.92 Å². The van der Waals surface area contributed by atoms with Gasteiger partial charge in [-0.1, -0.05) is 13.8 Å². The summed E-state index contributed by atoms with van der Waals surface area (Å²) in [5, 5.41) is 3.65. The Morgan fingerprint density at radius 1 is 1.26 bits per heavy atom. The van der Waals surface area contributed by atoms with Crippen molar-refractivity contribution < 1.29 is 18.7 Å². The fourth-order valence-electron chi connectivity index (χ4n) is 1.93. The number of furan rings is 1. The molecule has 5 nitrogen and oxygen atoms in total. The maximum atomic E-state index is 11.9. The molecule has 0 aliphatic carbocycles. The lowest BCUT2D eigenvalue weighted by Crippen LogP contribution is -2.26. The van der Waals surface area contributed by atoms with Gasteiger partial charge in [0.15, 0.2) is 17.3 Å². The average Bonchev–Trinajstić information content (AvgIpc) is 2.97. The number of fused-ring (bicyclic) bond motifs is 2. The fraction of sp³-hybridized carbons (Fsp3) is 0.357. The number of hydrogen-bond donors (Lipinski definition) is 1. The molecule has 0 bridgehead atoms. The van der Waals surface area contributed by atoms with Gasteiger partial charge in [-0.2, -0.15) is 0 Å². The van der Waals surface area contributed by atoms with E-state index in [1.54, 1.807) is 12.1 Å². The molecule has 1 aromatic carbocycles. The predicted molar refractivity (Wildman–Crippen MR) is 69.5 cm³/mol. The summed E-state index contributed by atoms with van der Waals surface area (Å²) < 4.78 is 16.1. The Balaban J connectivity index is 1.88. The second kappa shape index (κ2) is 4.50. The first-order chi connectivity index (χ1) is 9.13. The Hall–Kier alpha value is -2.17. The number of carbonyl (C=O) groups excluding carboxylic acids is 1. The van der Waals surface area contributed by atoms with Gasteiger partial charge in [0.2, 0.25) is 6.79 Å². The summed E-state index contributed by atoms with van der Waals surface area (Å²) in [6.45, 7) is 4.93. The van der Waals surface area contributed by atoms with Crippen LogP contribution < -0.4 is 14.8 Å². The number of carbonyl (C=O) groups is 1. The summed E-state index contributed by atoms with van der Waals surface area (Å²) in [4.78, 5) is 11.9. The molecular weight excluding hydrogens is 246 g/mol. The highest BCUT2D eigenvalue weighted by atomic mass is 16.7. The van der Waals surface area contributed by atoms with Crippen molar-refractivity contribution in [3.63, 3.8) is 0 Å². The Morgan fingerprint density at radius 3 is 2.74 bits per heavy atom. The van der Waals surface area contributed by atoms with Crippen LogP contribution in [0, 0.1) is 5.92 Å². The molecule has 0 unspecified atom stereocenters. The van der Waals surface area contributed by atoms with Crippen LogP contribution in [-0.4, -0.2) is 19.2 Å². The quantitative estimate of drug-likeness (QED) is 0.922. The summed E-state index contributed by atoms with van der Waals surface area (Å²) >= 11 is 0. The van der Waals surface area contributed by atoms with Gasteiger partial charge < -0.3 is 19.2 Å². The van der Waals surface area contributed by atoms with Gasteiger partial charge in [0.1, 0.15) is 5.58 Å². The Bertz CT molecular complexity index is 589. The van der Waals surface area contributed by atoms with Gasteiger partial charge in [-0.15, -0.1) is 0 Å². The second-order valence-electron chi connectivity index (χ2n) is 4.96. The van der Waals surface area contributed by atoms with Gasteiger partial charge in [0.25, 0.3) is 5.91 Å². The summed E-state index contributed by atoms with van der Waals surface area (Å²) in [6.07, 6.45) is 0. The molecule has 0 saturated carbocycles. The monoisotopic (exact) mass is 261 g/mol. The Morgan fingerprint density at radius 2 is 2.00 bits per heavy atom. The standard InChI is InChI=1S/C14H15NO4/c1-8(2)6-15-14(16)13-4-9-3-11-12(18-7-17-11)5-10(9)19-13/h3-5,8H,6-7H2,1-2H3,(H,15,16). The Kier molecular flexibility index (Phi) is 2.81. The molecule has 0 atom stereocenters. The zero-order valence-electron chi connectivity index (χ0n) is 10.9. The van der Waals surface area contributed by atoms with Crippen molar-refractivity contribution in [2.75, 3.05) is 13.3 Å². The molecule has 3 rings (SSSR count). The summed E-state index contributed by atoms with van der Waals surface area (Å²) in [5.74, 6) is 1.84. The molecule has 19 heavy (non-hydrogen) atoms. The van der Waals surface area contributed by atoms with Gasteiger partial charge in [0, 0.05) is 18.0 Å². The minimum absolute atomic E-state index is 0.202. The molecular formula is C14H15NO4. The van der Waals surface area contributed by atoms with Crippen LogP contribution in [0.25, 0.3) is 11.0 Å². The first-order valence-electron chi connectivity index (χ1n) is 6.25. The van der Waals surface area contributed by atoms with E-state index < -0.39 is 0 Å². The number of amides is 1. The highest BCUT2D eigenvalue weighted by Crippen LogP contribution is 2.37. The third-order valence-corrected chi connectivity index (χ3v) is 2.91. The first-order valence-corrected chi connectivity index (χ1v) is 6.25. The van der Waals surface area contributed by atoms with E-state index in [4.69, 9.17) is 13.9 Å². The summed E-state index contributed by atoms with van der Waals surface area (Å²) in [6, 6.07) is 5.28. The number of nitrogens with one attached hydrogen (secondary N) is 1. The zero-order chi connectivity index (χ0) is 13.4. The molecule has 2 aromatic rings. The maximum Gasteiger partial charge on any atom is 0.287 e. The summed E-state index contributed by atoms with van der Waals surface area (Å²) in [7, 11) is 0. The molecule has 2 heterocycles. The van der Waals surface area contributed by atoms with Crippen LogP contribution >= 0.6 is 0 Å². The second-order valence-corrected chi connectivity index (χ2v) is 4.96. The van der Waals surface area contributed by atoms with Gasteiger partial charge in [-0.05, 0) is 18.1 Å². The van der Waals surface area contributed by atoms with Crippen LogP contribution in [0.3, 0.4) is 0 Å². The zero-order valence-corrected chi connectivity index (χ0v) is 10.9. The van der Waals surface area contributed by atoms with Crippen LogP contribution in [0.15, 0.2) is 22.6 Å². The van der Waals surface area contributed by atoms with Crippen LogP contribution in [0.1, 0.15) is 24.4 Å². The normalized spacial score (nSPS) is 13.2. The van der Waals surface area contributed by atoms with Crippen LogP contribution in [0.5, 0.6) is 11.5 Å². The lowest BCUT2D eigenvalue weighted by molar-refractivity contribution is 0.0923. The topological polar surface area (TPSA) is 60.7 Å². The molecule has 1 aliphatic rings. The van der Waals surface area contributed by atoms with Crippen molar-refractivity contribution >= 4 is 16.9 Å². The highest BCUT2D eigenvalue weighted by molar-refractivity contribution is 5.96. The molecule has 0 fully saturated rings. The van der Waals surface area contributed by atoms with Crippen LogP contribution in [0.2, 0.25) is 0 Å². The van der Waals surface area contributed by atoms with E-state index in [9.17, 15) is 4.79 Å². The molecule has 1 amide bonds. The van der Waals surface area contributed by atoms with E-state index in [0.29, 0.717) is 35.3 Å². The molecule has 1 aliphatic heterocycles. The van der Waals surface area contributed by atoms with E-state index in [-0.39, 0.29) is 12.7 Å². The third-order valence-electron chi connectivity index (χ3n) is 2.91. The van der Waals surface area contributed by atoms with Crippen LogP contribution in [-0.2, 0) is 0 Å². The fourth-order valence-corrected chi connectivity index (χ4v) is 1.93. The van der Waals surface area contributed by atoms with Crippen molar-refractivity contribution in [1.82, 2.24) is 5.32 Å². The molecule has 0 radical (unpaired) electrons. The van der Waals surface area contributed by atoms with Crippen molar-refractivity contribution in [1.29, 1.82) is 0 Å². The van der Waals surface area contributed by atoms with Crippen molar-refractivity contribution in [2.45, 2.75) is 13.8 Å². The highest BCUT2D eigenvalue weighted by Gasteiger charge is 2.18. The maximum absolute atomic E-state index is 11.9. The number of ether oxygens (including phenoxy) is 2. The van der Waals surface area contributed by atoms with Gasteiger partial charge in [-0.3, -0.25) is 4.79 Å². The SMILES string of the molecule is CC(C)CNC(=O)c1cc2cc3c(cc2o1)OCO3. The van der Waals surface area contributed by atoms with E-state index in [0.717, 1.165) is 5.39 Å². The lowest BCUT2D eigenvalue weighted by atomic mass is 10.2. The lowest BCUT2D eigenvalue weighted by Gasteiger charge is -2.04.